The lowest BCUT2D eigenvalue weighted by molar-refractivity contribution is -0.385. The maximum absolute atomic E-state index is 12.1. The molecular weight excluding hydrogens is 296 g/mol. The van der Waals surface area contributed by atoms with Gasteiger partial charge in [0.1, 0.15) is 0 Å². The maximum atomic E-state index is 12.1. The molecule has 0 aromatic heterocycles. The Kier molecular flexibility index (Phi) is 3.52. The number of aliphatic hydroxyl groups is 1. The van der Waals surface area contributed by atoms with Crippen LogP contribution in [0, 0.1) is 17.0 Å². The lowest BCUT2D eigenvalue weighted by Gasteiger charge is -2.34. The van der Waals surface area contributed by atoms with Gasteiger partial charge < -0.3 is 5.11 Å². The molecule has 1 fully saturated rings. The summed E-state index contributed by atoms with van der Waals surface area (Å²) < 4.78 is 25.3. The second-order valence-corrected chi connectivity index (χ2v) is 6.63. The van der Waals surface area contributed by atoms with E-state index < -0.39 is 21.1 Å². The van der Waals surface area contributed by atoms with E-state index in [4.69, 9.17) is 16.7 Å². The highest BCUT2D eigenvalue weighted by molar-refractivity contribution is 7.89. The van der Waals surface area contributed by atoms with Crippen molar-refractivity contribution in [2.24, 2.45) is 0 Å². The van der Waals surface area contributed by atoms with Gasteiger partial charge in [-0.3, -0.25) is 10.1 Å². The average Bonchev–Trinajstić information content (AvgIpc) is 2.27. The zero-order valence-corrected chi connectivity index (χ0v) is 11.5. The minimum Gasteiger partial charge on any atom is -0.390 e. The van der Waals surface area contributed by atoms with E-state index in [2.05, 4.69) is 0 Å². The Morgan fingerprint density at radius 2 is 2.05 bits per heavy atom. The molecule has 0 radical (unpaired) electrons. The van der Waals surface area contributed by atoms with Crippen molar-refractivity contribution in [1.82, 2.24) is 4.31 Å². The molecule has 0 unspecified atom stereocenters. The van der Waals surface area contributed by atoms with Gasteiger partial charge in [0.2, 0.25) is 10.0 Å². The number of hydrogen-bond donors (Lipinski definition) is 1. The van der Waals surface area contributed by atoms with Crippen LogP contribution in [0.2, 0.25) is 5.02 Å². The number of sulfonamides is 1. The molecule has 19 heavy (non-hydrogen) atoms. The lowest BCUT2D eigenvalue weighted by Crippen LogP contribution is -2.53. The first kappa shape index (κ1) is 14.2. The molecule has 0 atom stereocenters. The standard InChI is InChI=1S/C10H11ClN2O5S/c1-6-9(11)2-8(3-10(6)13(15)16)19(17,18)12-4-7(14)5-12/h2-3,7,14H,4-5H2,1H3. The minimum absolute atomic E-state index is 0.0123. The number of halogens is 1. The first-order valence-electron chi connectivity index (χ1n) is 5.36. The molecule has 9 heteroatoms. The smallest absolute Gasteiger partial charge is 0.275 e. The van der Waals surface area contributed by atoms with Crippen LogP contribution in [0.25, 0.3) is 0 Å². The number of nitro benzene ring substituents is 1. The average molecular weight is 307 g/mol. The van der Waals surface area contributed by atoms with Crippen LogP contribution in [0.15, 0.2) is 17.0 Å². The number of nitro groups is 1. The summed E-state index contributed by atoms with van der Waals surface area (Å²) in [4.78, 5) is 9.95. The van der Waals surface area contributed by atoms with Gasteiger partial charge in [-0.1, -0.05) is 11.6 Å². The van der Waals surface area contributed by atoms with Gasteiger partial charge in [0.15, 0.2) is 0 Å². The number of nitrogens with zero attached hydrogens (tertiary/aromatic N) is 2. The Labute approximate surface area is 114 Å². The highest BCUT2D eigenvalue weighted by atomic mass is 35.5. The second-order valence-electron chi connectivity index (χ2n) is 4.28. The first-order valence-corrected chi connectivity index (χ1v) is 7.18. The Bertz CT molecular complexity index is 640. The zero-order chi connectivity index (χ0) is 14.4. The quantitative estimate of drug-likeness (QED) is 0.661. The van der Waals surface area contributed by atoms with Crippen LogP contribution in [0.1, 0.15) is 5.56 Å². The summed E-state index contributed by atoms with van der Waals surface area (Å²) in [6.07, 6.45) is -0.689. The monoisotopic (exact) mass is 306 g/mol. The summed E-state index contributed by atoms with van der Waals surface area (Å²) in [5.41, 5.74) is -0.124. The first-order chi connectivity index (χ1) is 8.73. The predicted octanol–water partition coefficient (Wildman–Crippen LogP) is 0.922. The Morgan fingerprint density at radius 1 is 1.47 bits per heavy atom. The van der Waals surface area contributed by atoms with E-state index in [1.807, 2.05) is 0 Å². The van der Waals surface area contributed by atoms with Gasteiger partial charge in [-0.25, -0.2) is 8.42 Å². The number of benzene rings is 1. The van der Waals surface area contributed by atoms with E-state index >= 15 is 0 Å². The van der Waals surface area contributed by atoms with Crippen LogP contribution in [-0.4, -0.2) is 41.9 Å². The van der Waals surface area contributed by atoms with Gasteiger partial charge in [0, 0.05) is 24.7 Å². The number of rotatable bonds is 3. The van der Waals surface area contributed by atoms with E-state index in [9.17, 15) is 18.5 Å². The minimum atomic E-state index is -3.85. The molecule has 0 bridgehead atoms. The van der Waals surface area contributed by atoms with Crippen LogP contribution in [-0.2, 0) is 10.0 Å². The summed E-state index contributed by atoms with van der Waals surface area (Å²) >= 11 is 5.83. The van der Waals surface area contributed by atoms with Crippen molar-refractivity contribution in [2.45, 2.75) is 17.9 Å². The van der Waals surface area contributed by atoms with Crippen LogP contribution >= 0.6 is 11.6 Å². The van der Waals surface area contributed by atoms with Gasteiger partial charge in [0.05, 0.1) is 20.9 Å². The van der Waals surface area contributed by atoms with Crippen molar-refractivity contribution < 1.29 is 18.4 Å². The fourth-order valence-electron chi connectivity index (χ4n) is 1.74. The summed E-state index contributed by atoms with van der Waals surface area (Å²) in [6.45, 7) is 1.42. The normalized spacial score (nSPS) is 17.2. The van der Waals surface area contributed by atoms with Crippen molar-refractivity contribution in [3.05, 3.63) is 32.8 Å². The summed E-state index contributed by atoms with van der Waals surface area (Å²) in [5, 5.41) is 20.0. The molecule has 0 aliphatic carbocycles. The number of aliphatic hydroxyl groups excluding tert-OH is 1. The molecule has 7 nitrogen and oxygen atoms in total. The summed E-state index contributed by atoms with van der Waals surface area (Å²) in [5.74, 6) is 0. The molecule has 1 aromatic rings. The van der Waals surface area contributed by atoms with E-state index in [-0.39, 0.29) is 34.3 Å². The van der Waals surface area contributed by atoms with Crippen LogP contribution < -0.4 is 0 Å². The summed E-state index contributed by atoms with van der Waals surface area (Å²) in [6, 6.07) is 2.17. The maximum Gasteiger partial charge on any atom is 0.275 e. The van der Waals surface area contributed by atoms with Crippen molar-refractivity contribution >= 4 is 27.3 Å². The topological polar surface area (TPSA) is 101 Å². The predicted molar refractivity (Wildman–Crippen MR) is 67.6 cm³/mol. The molecule has 1 heterocycles. The third-order valence-electron chi connectivity index (χ3n) is 2.95. The molecule has 104 valence electrons. The lowest BCUT2D eigenvalue weighted by atomic mass is 10.2. The van der Waals surface area contributed by atoms with Gasteiger partial charge in [-0.15, -0.1) is 0 Å². The van der Waals surface area contributed by atoms with E-state index in [1.165, 1.54) is 13.0 Å². The molecule has 0 amide bonds. The van der Waals surface area contributed by atoms with Gasteiger partial charge in [-0.2, -0.15) is 4.31 Å². The molecule has 2 rings (SSSR count). The fourth-order valence-corrected chi connectivity index (χ4v) is 3.58. The third-order valence-corrected chi connectivity index (χ3v) is 5.16. The van der Waals surface area contributed by atoms with Crippen LogP contribution in [0.4, 0.5) is 5.69 Å². The molecule has 0 saturated carbocycles. The molecule has 0 spiro atoms. The van der Waals surface area contributed by atoms with Gasteiger partial charge in [0.25, 0.3) is 5.69 Å². The molecule has 1 aliphatic heterocycles. The van der Waals surface area contributed by atoms with E-state index in [0.717, 1.165) is 10.4 Å². The van der Waals surface area contributed by atoms with Gasteiger partial charge in [-0.05, 0) is 13.0 Å². The van der Waals surface area contributed by atoms with E-state index in [1.54, 1.807) is 0 Å². The summed E-state index contributed by atoms with van der Waals surface area (Å²) in [7, 11) is -3.85. The largest absolute Gasteiger partial charge is 0.390 e. The zero-order valence-electron chi connectivity index (χ0n) is 9.91. The highest BCUT2D eigenvalue weighted by Gasteiger charge is 2.36. The van der Waals surface area contributed by atoms with Crippen molar-refractivity contribution in [3.8, 4) is 0 Å². The molecular formula is C10H11ClN2O5S. The molecule has 1 saturated heterocycles. The Morgan fingerprint density at radius 3 is 2.53 bits per heavy atom. The fraction of sp³-hybridized carbons (Fsp3) is 0.400. The highest BCUT2D eigenvalue weighted by Crippen LogP contribution is 2.31. The second kappa shape index (κ2) is 4.71. The molecule has 1 aromatic carbocycles. The van der Waals surface area contributed by atoms with Gasteiger partial charge >= 0.3 is 0 Å². The number of hydrogen-bond acceptors (Lipinski definition) is 5. The molecule has 1 aliphatic rings. The Hall–Kier alpha value is -1.22. The van der Waals surface area contributed by atoms with Crippen molar-refractivity contribution in [1.29, 1.82) is 0 Å². The van der Waals surface area contributed by atoms with Crippen molar-refractivity contribution in [2.75, 3.05) is 13.1 Å². The SMILES string of the molecule is Cc1c(Cl)cc(S(=O)(=O)N2CC(O)C2)cc1[N+](=O)[O-]. The third kappa shape index (κ3) is 2.44. The van der Waals surface area contributed by atoms with Crippen LogP contribution in [0.5, 0.6) is 0 Å². The molecule has 1 N–H and O–H groups in total. The number of β-amino-alcohol motifs (C(OH)–C–C–N with tert-alkyl or cyclic N) is 1. The van der Waals surface area contributed by atoms with Crippen LogP contribution in [0.3, 0.4) is 0 Å². The van der Waals surface area contributed by atoms with Crippen molar-refractivity contribution in [3.63, 3.8) is 0 Å². The Balaban J connectivity index is 2.49. The van der Waals surface area contributed by atoms with E-state index in [0.29, 0.717) is 0 Å².